The molecule has 0 amide bonds. The first-order chi connectivity index (χ1) is 12.2. The molecule has 1 unspecified atom stereocenters. The van der Waals surface area contributed by atoms with Crippen LogP contribution in [0.5, 0.6) is 0 Å². The first-order valence-electron chi connectivity index (χ1n) is 10.1. The molecule has 1 atom stereocenters. The van der Waals surface area contributed by atoms with Crippen LogP contribution in [0.15, 0.2) is 4.99 Å². The van der Waals surface area contributed by atoms with Gasteiger partial charge >= 0.3 is 0 Å². The van der Waals surface area contributed by atoms with Crippen molar-refractivity contribution in [1.29, 1.82) is 0 Å². The maximum absolute atomic E-state index is 5.66. The van der Waals surface area contributed by atoms with Gasteiger partial charge in [-0.3, -0.25) is 9.89 Å². The molecule has 3 saturated heterocycles. The van der Waals surface area contributed by atoms with E-state index in [1.165, 1.54) is 32.4 Å². The normalized spacial score (nSPS) is 27.6. The lowest BCUT2D eigenvalue weighted by Crippen LogP contribution is -2.54. The Kier molecular flexibility index (Phi) is 6.96. The molecule has 0 saturated carbocycles. The van der Waals surface area contributed by atoms with E-state index < -0.39 is 0 Å². The van der Waals surface area contributed by atoms with Crippen molar-refractivity contribution in [2.45, 2.75) is 44.6 Å². The molecule has 6 heteroatoms. The first kappa shape index (κ1) is 18.9. The summed E-state index contributed by atoms with van der Waals surface area (Å²) in [5.74, 6) is 1.67. The molecule has 0 aliphatic carbocycles. The van der Waals surface area contributed by atoms with Crippen molar-refractivity contribution in [1.82, 2.24) is 15.1 Å². The van der Waals surface area contributed by atoms with Gasteiger partial charge in [-0.25, -0.2) is 0 Å². The summed E-state index contributed by atoms with van der Waals surface area (Å²) in [6.45, 7) is 10.9. The van der Waals surface area contributed by atoms with Crippen LogP contribution in [0.2, 0.25) is 0 Å². The maximum atomic E-state index is 5.66. The summed E-state index contributed by atoms with van der Waals surface area (Å²) in [6, 6.07) is 0. The van der Waals surface area contributed by atoms with Crippen LogP contribution in [0.25, 0.3) is 0 Å². The van der Waals surface area contributed by atoms with Gasteiger partial charge in [0.05, 0.1) is 13.2 Å². The van der Waals surface area contributed by atoms with E-state index in [-0.39, 0.29) is 5.54 Å². The fourth-order valence-electron chi connectivity index (χ4n) is 4.41. The number of nitrogens with one attached hydrogen (secondary N) is 1. The molecular formula is C19H36N4O2. The molecule has 0 aromatic rings. The molecule has 3 heterocycles. The summed E-state index contributed by atoms with van der Waals surface area (Å²) in [4.78, 5) is 10.1. The van der Waals surface area contributed by atoms with Crippen LogP contribution in [-0.4, -0.2) is 87.5 Å². The number of guanidine groups is 1. The van der Waals surface area contributed by atoms with Crippen molar-refractivity contribution in [2.75, 3.05) is 66.2 Å². The highest BCUT2D eigenvalue weighted by molar-refractivity contribution is 5.79. The van der Waals surface area contributed by atoms with Crippen molar-refractivity contribution in [3.8, 4) is 0 Å². The smallest absolute Gasteiger partial charge is 0.193 e. The van der Waals surface area contributed by atoms with E-state index in [1.807, 2.05) is 0 Å². The highest BCUT2D eigenvalue weighted by Crippen LogP contribution is 2.31. The van der Waals surface area contributed by atoms with Crippen LogP contribution in [0.4, 0.5) is 0 Å². The molecular weight excluding hydrogens is 316 g/mol. The van der Waals surface area contributed by atoms with E-state index in [1.54, 1.807) is 0 Å². The number of ether oxygens (including phenoxy) is 2. The number of hydrogen-bond donors (Lipinski definition) is 1. The standard InChI is InChI=1S/C19H36N4O2/c1-3-20-18(22(2)14-17-6-11-25-15-17)21-16-19(7-12-24-13-8-19)23-9-4-5-10-23/h17H,3-16H2,1-2H3,(H,20,21). The molecule has 3 rings (SSSR count). The minimum atomic E-state index is 0.201. The predicted molar refractivity (Wildman–Crippen MR) is 101 cm³/mol. The molecule has 3 aliphatic heterocycles. The zero-order chi connectivity index (χ0) is 17.5. The number of likely N-dealkylation sites (tertiary alicyclic amines) is 1. The second-order valence-corrected chi connectivity index (χ2v) is 7.81. The van der Waals surface area contributed by atoms with Crippen LogP contribution >= 0.6 is 0 Å². The lowest BCUT2D eigenvalue weighted by molar-refractivity contribution is -0.0139. The molecule has 6 nitrogen and oxygen atoms in total. The van der Waals surface area contributed by atoms with Crippen molar-refractivity contribution in [2.24, 2.45) is 10.9 Å². The Morgan fingerprint density at radius 1 is 1.20 bits per heavy atom. The molecule has 0 aromatic heterocycles. The van der Waals surface area contributed by atoms with Crippen LogP contribution in [-0.2, 0) is 9.47 Å². The van der Waals surface area contributed by atoms with Gasteiger partial charge in [0.2, 0.25) is 0 Å². The molecule has 1 N–H and O–H groups in total. The lowest BCUT2D eigenvalue weighted by atomic mass is 9.88. The third kappa shape index (κ3) is 4.86. The third-order valence-corrected chi connectivity index (χ3v) is 5.98. The molecule has 0 aromatic carbocycles. The van der Waals surface area contributed by atoms with Crippen LogP contribution < -0.4 is 5.32 Å². The summed E-state index contributed by atoms with van der Waals surface area (Å²) >= 11 is 0. The number of aliphatic imine (C=N–C) groups is 1. The minimum Gasteiger partial charge on any atom is -0.381 e. The summed E-state index contributed by atoms with van der Waals surface area (Å²) in [5.41, 5.74) is 0.201. The summed E-state index contributed by atoms with van der Waals surface area (Å²) in [5, 5.41) is 3.49. The van der Waals surface area contributed by atoms with Gasteiger partial charge in [0.15, 0.2) is 5.96 Å². The lowest BCUT2D eigenvalue weighted by Gasteiger charge is -2.44. The van der Waals surface area contributed by atoms with Gasteiger partial charge in [-0.05, 0) is 52.1 Å². The van der Waals surface area contributed by atoms with Crippen molar-refractivity contribution in [3.63, 3.8) is 0 Å². The summed E-state index contributed by atoms with van der Waals surface area (Å²) in [7, 11) is 2.16. The van der Waals surface area contributed by atoms with Crippen molar-refractivity contribution >= 4 is 5.96 Å². The molecule has 0 bridgehead atoms. The molecule has 3 aliphatic rings. The Balaban J connectivity index is 1.66. The van der Waals surface area contributed by atoms with Gasteiger partial charge in [-0.15, -0.1) is 0 Å². The third-order valence-electron chi connectivity index (χ3n) is 5.98. The van der Waals surface area contributed by atoms with E-state index >= 15 is 0 Å². The van der Waals surface area contributed by atoms with Crippen LogP contribution in [0.1, 0.15) is 39.0 Å². The SMILES string of the molecule is CCNC(=NCC1(N2CCCC2)CCOCC1)N(C)CC1CCOC1. The Morgan fingerprint density at radius 3 is 2.60 bits per heavy atom. The van der Waals surface area contributed by atoms with Crippen LogP contribution in [0, 0.1) is 5.92 Å². The van der Waals surface area contributed by atoms with Gasteiger partial charge in [0, 0.05) is 51.4 Å². The van der Waals surface area contributed by atoms with Gasteiger partial charge in [0.1, 0.15) is 0 Å². The Bertz CT molecular complexity index is 425. The zero-order valence-electron chi connectivity index (χ0n) is 16.1. The van der Waals surface area contributed by atoms with Crippen molar-refractivity contribution < 1.29 is 9.47 Å². The highest BCUT2D eigenvalue weighted by atomic mass is 16.5. The second kappa shape index (κ2) is 9.19. The molecule has 144 valence electrons. The fourth-order valence-corrected chi connectivity index (χ4v) is 4.41. The van der Waals surface area contributed by atoms with E-state index in [2.05, 4.69) is 29.1 Å². The summed E-state index contributed by atoms with van der Waals surface area (Å²) in [6.07, 6.45) is 6.03. The average Bonchev–Trinajstić information content (AvgIpc) is 3.33. The van der Waals surface area contributed by atoms with E-state index in [0.717, 1.165) is 64.9 Å². The maximum Gasteiger partial charge on any atom is 0.193 e. The van der Waals surface area contributed by atoms with Crippen LogP contribution in [0.3, 0.4) is 0 Å². The van der Waals surface area contributed by atoms with E-state index in [4.69, 9.17) is 14.5 Å². The predicted octanol–water partition coefficient (Wildman–Crippen LogP) is 1.57. The number of rotatable bonds is 6. The molecule has 0 spiro atoms. The zero-order valence-corrected chi connectivity index (χ0v) is 16.1. The Hall–Kier alpha value is -0.850. The van der Waals surface area contributed by atoms with Crippen molar-refractivity contribution in [3.05, 3.63) is 0 Å². The van der Waals surface area contributed by atoms with Gasteiger partial charge in [-0.1, -0.05) is 0 Å². The highest BCUT2D eigenvalue weighted by Gasteiger charge is 2.39. The minimum absolute atomic E-state index is 0.201. The Morgan fingerprint density at radius 2 is 1.96 bits per heavy atom. The van der Waals surface area contributed by atoms with Gasteiger partial charge < -0.3 is 19.7 Å². The summed E-state index contributed by atoms with van der Waals surface area (Å²) < 4.78 is 11.2. The second-order valence-electron chi connectivity index (χ2n) is 7.81. The van der Waals surface area contributed by atoms with E-state index in [9.17, 15) is 0 Å². The molecule has 0 radical (unpaired) electrons. The fraction of sp³-hybridized carbons (Fsp3) is 0.947. The topological polar surface area (TPSA) is 49.3 Å². The van der Waals surface area contributed by atoms with E-state index in [0.29, 0.717) is 5.92 Å². The largest absolute Gasteiger partial charge is 0.381 e. The van der Waals surface area contributed by atoms with Gasteiger partial charge in [-0.2, -0.15) is 0 Å². The number of hydrogen-bond acceptors (Lipinski definition) is 4. The first-order valence-corrected chi connectivity index (χ1v) is 10.1. The van der Waals surface area contributed by atoms with Gasteiger partial charge in [0.25, 0.3) is 0 Å². The average molecular weight is 353 g/mol. The quantitative estimate of drug-likeness (QED) is 0.581. The molecule has 25 heavy (non-hydrogen) atoms. The monoisotopic (exact) mass is 352 g/mol. The Labute approximate surface area is 152 Å². The molecule has 3 fully saturated rings. The number of nitrogens with zero attached hydrogens (tertiary/aromatic N) is 3.